The Morgan fingerprint density at radius 3 is 2.38 bits per heavy atom. The molecule has 0 aliphatic carbocycles. The van der Waals surface area contributed by atoms with Gasteiger partial charge in [-0.2, -0.15) is 0 Å². The molecule has 2 aromatic rings. The fourth-order valence-electron chi connectivity index (χ4n) is 4.66. The fraction of sp³-hybridized carbons (Fsp3) is 0.391. The third-order valence-electron chi connectivity index (χ3n) is 5.79. The molecule has 4 rings (SSSR count). The standard InChI is InChI=1S/C23H27N/c1-17-8-6-9-18(2)23(17)20-14-21-12-7-13-22(15-20)24(21)16-19-10-4-3-5-11-19/h3-6,8-11,14,21-22H,7,12-13,15-16H2,1-2H3. The predicted molar refractivity (Wildman–Crippen MR) is 102 cm³/mol. The smallest absolute Gasteiger partial charge is 0.0290 e. The molecule has 2 aliphatic rings. The summed E-state index contributed by atoms with van der Waals surface area (Å²) in [6.45, 7) is 5.61. The normalized spacial score (nSPS) is 23.8. The van der Waals surface area contributed by atoms with Gasteiger partial charge in [-0.15, -0.1) is 0 Å². The number of hydrogen-bond donors (Lipinski definition) is 0. The summed E-state index contributed by atoms with van der Waals surface area (Å²) >= 11 is 0. The van der Waals surface area contributed by atoms with Crippen LogP contribution in [0.3, 0.4) is 0 Å². The van der Waals surface area contributed by atoms with Crippen molar-refractivity contribution in [1.82, 2.24) is 4.90 Å². The summed E-state index contributed by atoms with van der Waals surface area (Å²) in [4.78, 5) is 2.75. The van der Waals surface area contributed by atoms with E-state index in [1.165, 1.54) is 47.9 Å². The number of hydrogen-bond acceptors (Lipinski definition) is 1. The molecular formula is C23H27N. The Kier molecular flexibility index (Phi) is 4.28. The van der Waals surface area contributed by atoms with E-state index in [4.69, 9.17) is 0 Å². The van der Waals surface area contributed by atoms with E-state index in [-0.39, 0.29) is 0 Å². The number of rotatable bonds is 3. The Hall–Kier alpha value is -1.86. The van der Waals surface area contributed by atoms with Gasteiger partial charge in [0.1, 0.15) is 0 Å². The Balaban J connectivity index is 1.65. The number of piperidine rings is 1. The third kappa shape index (κ3) is 2.93. The highest BCUT2D eigenvalue weighted by Crippen LogP contribution is 2.39. The van der Waals surface area contributed by atoms with Crippen LogP contribution in [0, 0.1) is 13.8 Å². The first kappa shape index (κ1) is 15.7. The van der Waals surface area contributed by atoms with Crippen molar-refractivity contribution in [3.8, 4) is 0 Å². The minimum absolute atomic E-state index is 0.603. The maximum absolute atomic E-state index is 2.75. The molecule has 0 radical (unpaired) electrons. The molecule has 124 valence electrons. The number of fused-ring (bicyclic) bond motifs is 2. The summed E-state index contributed by atoms with van der Waals surface area (Å²) in [7, 11) is 0. The lowest BCUT2D eigenvalue weighted by atomic mass is 9.80. The van der Waals surface area contributed by atoms with E-state index < -0.39 is 0 Å². The molecule has 2 heterocycles. The molecule has 2 bridgehead atoms. The zero-order valence-electron chi connectivity index (χ0n) is 14.8. The Bertz CT molecular complexity index is 724. The van der Waals surface area contributed by atoms with Crippen molar-refractivity contribution >= 4 is 5.57 Å². The Morgan fingerprint density at radius 2 is 1.67 bits per heavy atom. The molecule has 2 unspecified atom stereocenters. The van der Waals surface area contributed by atoms with Crippen LogP contribution in [0.5, 0.6) is 0 Å². The first-order valence-electron chi connectivity index (χ1n) is 9.29. The van der Waals surface area contributed by atoms with Gasteiger partial charge in [-0.25, -0.2) is 0 Å². The highest BCUT2D eigenvalue weighted by atomic mass is 15.2. The number of benzene rings is 2. The van der Waals surface area contributed by atoms with Crippen molar-refractivity contribution in [3.05, 3.63) is 76.9 Å². The van der Waals surface area contributed by atoms with Crippen molar-refractivity contribution in [2.24, 2.45) is 0 Å². The Labute approximate surface area is 146 Å². The maximum atomic E-state index is 2.75. The van der Waals surface area contributed by atoms with Gasteiger partial charge in [-0.1, -0.05) is 61.0 Å². The minimum atomic E-state index is 0.603. The highest BCUT2D eigenvalue weighted by Gasteiger charge is 2.34. The first-order valence-corrected chi connectivity index (χ1v) is 9.29. The molecule has 0 aromatic heterocycles. The molecule has 2 aliphatic heterocycles. The predicted octanol–water partition coefficient (Wildman–Crippen LogP) is 5.51. The molecular weight excluding hydrogens is 290 g/mol. The average molecular weight is 317 g/mol. The summed E-state index contributed by atoms with van der Waals surface area (Å²) in [5, 5.41) is 0. The monoisotopic (exact) mass is 317 g/mol. The van der Waals surface area contributed by atoms with Crippen LogP contribution in [0.25, 0.3) is 5.57 Å². The van der Waals surface area contributed by atoms with Gasteiger partial charge < -0.3 is 0 Å². The molecule has 1 nitrogen and oxygen atoms in total. The van der Waals surface area contributed by atoms with Crippen molar-refractivity contribution in [3.63, 3.8) is 0 Å². The van der Waals surface area contributed by atoms with Crippen LogP contribution in [0.4, 0.5) is 0 Å². The SMILES string of the molecule is Cc1cccc(C)c1C1=CC2CCCC(C1)N2Cc1ccccc1. The average Bonchev–Trinajstić information content (AvgIpc) is 2.56. The summed E-state index contributed by atoms with van der Waals surface area (Å²) in [5.41, 5.74) is 7.39. The van der Waals surface area contributed by atoms with E-state index in [1.807, 2.05) is 0 Å². The van der Waals surface area contributed by atoms with Gasteiger partial charge >= 0.3 is 0 Å². The van der Waals surface area contributed by atoms with E-state index in [0.29, 0.717) is 12.1 Å². The number of nitrogens with zero attached hydrogens (tertiary/aromatic N) is 1. The molecule has 0 saturated carbocycles. The maximum Gasteiger partial charge on any atom is 0.0290 e. The van der Waals surface area contributed by atoms with Crippen molar-refractivity contribution in [2.45, 2.75) is 58.2 Å². The van der Waals surface area contributed by atoms with E-state index >= 15 is 0 Å². The molecule has 24 heavy (non-hydrogen) atoms. The number of aryl methyl sites for hydroxylation is 2. The molecule has 1 saturated heterocycles. The lowest BCUT2D eigenvalue weighted by molar-refractivity contribution is 0.0951. The van der Waals surface area contributed by atoms with E-state index in [1.54, 1.807) is 5.57 Å². The lowest BCUT2D eigenvalue weighted by Crippen LogP contribution is -2.47. The molecule has 2 atom stereocenters. The van der Waals surface area contributed by atoms with Gasteiger partial charge in [0.15, 0.2) is 0 Å². The minimum Gasteiger partial charge on any atom is -0.289 e. The molecule has 1 fully saturated rings. The van der Waals surface area contributed by atoms with Gasteiger partial charge in [0.05, 0.1) is 0 Å². The van der Waals surface area contributed by atoms with Crippen LogP contribution in [0.15, 0.2) is 54.6 Å². The summed E-state index contributed by atoms with van der Waals surface area (Å²) in [6.07, 6.45) is 7.80. The quantitative estimate of drug-likeness (QED) is 0.721. The Morgan fingerprint density at radius 1 is 0.917 bits per heavy atom. The van der Waals surface area contributed by atoms with Crippen molar-refractivity contribution < 1.29 is 0 Å². The fourth-order valence-corrected chi connectivity index (χ4v) is 4.66. The van der Waals surface area contributed by atoms with Gasteiger partial charge in [0.25, 0.3) is 0 Å². The zero-order valence-corrected chi connectivity index (χ0v) is 14.8. The van der Waals surface area contributed by atoms with Gasteiger partial charge in [-0.05, 0) is 60.9 Å². The molecule has 0 N–H and O–H groups in total. The van der Waals surface area contributed by atoms with Crippen LogP contribution < -0.4 is 0 Å². The van der Waals surface area contributed by atoms with Gasteiger partial charge in [0.2, 0.25) is 0 Å². The second kappa shape index (κ2) is 6.57. The molecule has 0 amide bonds. The van der Waals surface area contributed by atoms with Crippen molar-refractivity contribution in [1.29, 1.82) is 0 Å². The zero-order chi connectivity index (χ0) is 16.5. The van der Waals surface area contributed by atoms with Crippen LogP contribution in [-0.4, -0.2) is 17.0 Å². The van der Waals surface area contributed by atoms with Crippen molar-refractivity contribution in [2.75, 3.05) is 0 Å². The van der Waals surface area contributed by atoms with E-state index in [2.05, 4.69) is 73.4 Å². The van der Waals surface area contributed by atoms with Gasteiger partial charge in [-0.3, -0.25) is 4.90 Å². The summed E-state index contributed by atoms with van der Waals surface area (Å²) in [5.74, 6) is 0. The highest BCUT2D eigenvalue weighted by molar-refractivity contribution is 5.72. The summed E-state index contributed by atoms with van der Waals surface area (Å²) < 4.78 is 0. The largest absolute Gasteiger partial charge is 0.289 e. The van der Waals surface area contributed by atoms with E-state index in [0.717, 1.165) is 6.54 Å². The van der Waals surface area contributed by atoms with Gasteiger partial charge in [0, 0.05) is 18.6 Å². The van der Waals surface area contributed by atoms with Crippen LogP contribution >= 0.6 is 0 Å². The van der Waals surface area contributed by atoms with Crippen LogP contribution in [0.1, 0.15) is 47.9 Å². The lowest BCUT2D eigenvalue weighted by Gasteiger charge is -2.45. The first-order chi connectivity index (χ1) is 11.7. The molecule has 1 heteroatoms. The third-order valence-corrected chi connectivity index (χ3v) is 5.79. The molecule has 0 spiro atoms. The van der Waals surface area contributed by atoms with Crippen LogP contribution in [0.2, 0.25) is 0 Å². The van der Waals surface area contributed by atoms with Crippen LogP contribution in [-0.2, 0) is 6.54 Å². The second-order valence-corrected chi connectivity index (χ2v) is 7.47. The van der Waals surface area contributed by atoms with E-state index in [9.17, 15) is 0 Å². The summed E-state index contributed by atoms with van der Waals surface area (Å²) in [6, 6.07) is 19.0. The topological polar surface area (TPSA) is 3.24 Å². The molecule has 2 aromatic carbocycles. The second-order valence-electron chi connectivity index (χ2n) is 7.47.